The Morgan fingerprint density at radius 3 is 2.52 bits per heavy atom. The Balaban J connectivity index is 1.82. The highest BCUT2D eigenvalue weighted by Crippen LogP contribution is 2.31. The second-order valence-electron chi connectivity index (χ2n) is 5.07. The number of rotatable bonds is 3. The molecule has 0 radical (unpaired) electrons. The molecule has 0 atom stereocenters. The molecule has 2 aromatic heterocycles. The van der Waals surface area contributed by atoms with Crippen LogP contribution in [0.15, 0.2) is 42.6 Å². The van der Waals surface area contributed by atoms with E-state index < -0.39 is 0 Å². The van der Waals surface area contributed by atoms with Gasteiger partial charge in [-0.15, -0.1) is 11.3 Å². The number of hydrogen-bond donors (Lipinski definition) is 1. The largest absolute Gasteiger partial charge is 0.298 e. The third-order valence-corrected chi connectivity index (χ3v) is 4.45. The van der Waals surface area contributed by atoms with Crippen LogP contribution in [0.25, 0.3) is 11.3 Å². The Hall–Kier alpha value is -2.24. The lowest BCUT2D eigenvalue weighted by Gasteiger charge is -2.01. The first-order chi connectivity index (χ1) is 11.0. The number of carbonyl (C=O) groups excluding carboxylic acids is 1. The minimum atomic E-state index is -0.214. The number of aromatic nitrogens is 2. The summed E-state index contributed by atoms with van der Waals surface area (Å²) in [5.41, 5.74) is 3.21. The number of anilines is 1. The number of benzene rings is 1. The summed E-state index contributed by atoms with van der Waals surface area (Å²) in [5.74, 6) is -0.214. The summed E-state index contributed by atoms with van der Waals surface area (Å²) in [5, 5.41) is 4.07. The van der Waals surface area contributed by atoms with Crippen molar-refractivity contribution in [1.82, 2.24) is 9.97 Å². The van der Waals surface area contributed by atoms with E-state index >= 15 is 0 Å². The Labute approximate surface area is 143 Å². The van der Waals surface area contributed by atoms with Crippen molar-refractivity contribution in [2.24, 2.45) is 0 Å². The van der Waals surface area contributed by atoms with Gasteiger partial charge in [0.2, 0.25) is 0 Å². The van der Waals surface area contributed by atoms with E-state index in [0.717, 1.165) is 21.8 Å². The highest BCUT2D eigenvalue weighted by atomic mass is 35.5. The van der Waals surface area contributed by atoms with Crippen LogP contribution in [-0.2, 0) is 0 Å². The molecule has 0 spiro atoms. The SMILES string of the molecule is Cc1ccc(C(=O)Nc2nc(-c3ccc(Cl)cc3)c(C)s2)cn1. The molecule has 6 heteroatoms. The highest BCUT2D eigenvalue weighted by molar-refractivity contribution is 7.16. The van der Waals surface area contributed by atoms with Gasteiger partial charge in [0, 0.05) is 27.4 Å². The number of pyridine rings is 1. The van der Waals surface area contributed by atoms with Crippen molar-refractivity contribution in [2.45, 2.75) is 13.8 Å². The van der Waals surface area contributed by atoms with E-state index in [1.807, 2.05) is 38.1 Å². The molecule has 3 rings (SSSR count). The minimum absolute atomic E-state index is 0.214. The Morgan fingerprint density at radius 1 is 1.13 bits per heavy atom. The van der Waals surface area contributed by atoms with Gasteiger partial charge in [-0.3, -0.25) is 15.1 Å². The first-order valence-electron chi connectivity index (χ1n) is 7.00. The number of carbonyl (C=O) groups is 1. The van der Waals surface area contributed by atoms with Gasteiger partial charge in [-0.05, 0) is 38.1 Å². The Kier molecular flexibility index (Phi) is 4.41. The van der Waals surface area contributed by atoms with E-state index in [4.69, 9.17) is 11.6 Å². The molecule has 1 amide bonds. The molecule has 0 unspecified atom stereocenters. The van der Waals surface area contributed by atoms with Gasteiger partial charge >= 0.3 is 0 Å². The summed E-state index contributed by atoms with van der Waals surface area (Å²) >= 11 is 7.35. The summed E-state index contributed by atoms with van der Waals surface area (Å²) < 4.78 is 0. The van der Waals surface area contributed by atoms with Crippen LogP contribution in [0.3, 0.4) is 0 Å². The molecule has 0 saturated carbocycles. The Bertz CT molecular complexity index is 841. The van der Waals surface area contributed by atoms with Crippen molar-refractivity contribution in [3.8, 4) is 11.3 Å². The maximum absolute atomic E-state index is 12.2. The van der Waals surface area contributed by atoms with Crippen molar-refractivity contribution in [1.29, 1.82) is 0 Å². The molecular formula is C17H14ClN3OS. The molecule has 0 saturated heterocycles. The standard InChI is InChI=1S/C17H14ClN3OS/c1-10-3-4-13(9-19-10)16(22)21-17-20-15(11(2)23-17)12-5-7-14(18)8-6-12/h3-9H,1-2H3,(H,20,21,22). The molecule has 0 fully saturated rings. The topological polar surface area (TPSA) is 54.9 Å². The molecule has 1 aromatic carbocycles. The lowest BCUT2D eigenvalue weighted by atomic mass is 10.1. The second-order valence-corrected chi connectivity index (χ2v) is 6.71. The molecule has 0 aliphatic carbocycles. The maximum atomic E-state index is 12.2. The van der Waals surface area contributed by atoms with Gasteiger partial charge in [-0.1, -0.05) is 23.7 Å². The predicted molar refractivity (Wildman–Crippen MR) is 94.2 cm³/mol. The van der Waals surface area contributed by atoms with E-state index in [1.165, 1.54) is 11.3 Å². The van der Waals surface area contributed by atoms with Gasteiger partial charge in [0.1, 0.15) is 0 Å². The van der Waals surface area contributed by atoms with Gasteiger partial charge in [0.25, 0.3) is 5.91 Å². The number of thiazole rings is 1. The molecule has 4 nitrogen and oxygen atoms in total. The van der Waals surface area contributed by atoms with Gasteiger partial charge in [0.05, 0.1) is 11.3 Å². The number of hydrogen-bond acceptors (Lipinski definition) is 4. The number of amides is 1. The van der Waals surface area contributed by atoms with E-state index in [0.29, 0.717) is 15.7 Å². The third-order valence-electron chi connectivity index (χ3n) is 3.31. The monoisotopic (exact) mass is 343 g/mol. The van der Waals surface area contributed by atoms with Gasteiger partial charge < -0.3 is 0 Å². The number of nitrogens with zero attached hydrogens (tertiary/aromatic N) is 2. The van der Waals surface area contributed by atoms with Crippen LogP contribution >= 0.6 is 22.9 Å². The second kappa shape index (κ2) is 6.48. The van der Waals surface area contributed by atoms with Crippen molar-refractivity contribution < 1.29 is 4.79 Å². The first kappa shape index (κ1) is 15.6. The van der Waals surface area contributed by atoms with Crippen molar-refractivity contribution in [3.63, 3.8) is 0 Å². The van der Waals surface area contributed by atoms with E-state index in [2.05, 4.69) is 15.3 Å². The number of aryl methyl sites for hydroxylation is 2. The molecular weight excluding hydrogens is 330 g/mol. The van der Waals surface area contributed by atoms with Crippen LogP contribution in [0.4, 0.5) is 5.13 Å². The van der Waals surface area contributed by atoms with Crippen molar-refractivity contribution in [3.05, 3.63) is 63.8 Å². The van der Waals surface area contributed by atoms with E-state index in [1.54, 1.807) is 18.3 Å². The molecule has 0 bridgehead atoms. The lowest BCUT2D eigenvalue weighted by Crippen LogP contribution is -2.12. The molecule has 23 heavy (non-hydrogen) atoms. The lowest BCUT2D eigenvalue weighted by molar-refractivity contribution is 0.102. The molecule has 116 valence electrons. The van der Waals surface area contributed by atoms with Gasteiger partial charge in [0.15, 0.2) is 5.13 Å². The molecule has 3 aromatic rings. The fourth-order valence-electron chi connectivity index (χ4n) is 2.10. The van der Waals surface area contributed by atoms with Crippen molar-refractivity contribution in [2.75, 3.05) is 5.32 Å². The number of nitrogens with one attached hydrogen (secondary N) is 1. The Morgan fingerprint density at radius 2 is 1.87 bits per heavy atom. The third kappa shape index (κ3) is 3.57. The van der Waals surface area contributed by atoms with Crippen molar-refractivity contribution >= 4 is 34.0 Å². The predicted octanol–water partition coefficient (Wildman–Crippen LogP) is 4.73. The van der Waals surface area contributed by atoms with Gasteiger partial charge in [-0.25, -0.2) is 4.98 Å². The van der Waals surface area contributed by atoms with Crippen LogP contribution in [0, 0.1) is 13.8 Å². The summed E-state index contributed by atoms with van der Waals surface area (Å²) in [4.78, 5) is 21.9. The average Bonchev–Trinajstić information content (AvgIpc) is 2.89. The summed E-state index contributed by atoms with van der Waals surface area (Å²) in [6, 6.07) is 11.0. The van der Waals surface area contributed by atoms with Gasteiger partial charge in [-0.2, -0.15) is 0 Å². The average molecular weight is 344 g/mol. The molecule has 0 aliphatic heterocycles. The van der Waals surface area contributed by atoms with Crippen LogP contribution < -0.4 is 5.32 Å². The zero-order valence-electron chi connectivity index (χ0n) is 12.6. The van der Waals surface area contributed by atoms with Crippen LogP contribution in [0.1, 0.15) is 20.9 Å². The maximum Gasteiger partial charge on any atom is 0.259 e. The highest BCUT2D eigenvalue weighted by Gasteiger charge is 2.13. The van der Waals surface area contributed by atoms with Crippen LogP contribution in [0.5, 0.6) is 0 Å². The van der Waals surface area contributed by atoms with Crippen LogP contribution in [0.2, 0.25) is 5.02 Å². The zero-order valence-corrected chi connectivity index (χ0v) is 14.2. The zero-order chi connectivity index (χ0) is 16.4. The fourth-order valence-corrected chi connectivity index (χ4v) is 3.05. The summed E-state index contributed by atoms with van der Waals surface area (Å²) in [7, 11) is 0. The smallest absolute Gasteiger partial charge is 0.259 e. The molecule has 1 N–H and O–H groups in total. The molecule has 0 aliphatic rings. The minimum Gasteiger partial charge on any atom is -0.298 e. The number of halogens is 1. The summed E-state index contributed by atoms with van der Waals surface area (Å²) in [6.07, 6.45) is 1.56. The van der Waals surface area contributed by atoms with E-state index in [-0.39, 0.29) is 5.91 Å². The fraction of sp³-hybridized carbons (Fsp3) is 0.118. The quantitative estimate of drug-likeness (QED) is 0.748. The first-order valence-corrected chi connectivity index (χ1v) is 8.20. The normalized spacial score (nSPS) is 10.6. The van der Waals surface area contributed by atoms with E-state index in [9.17, 15) is 4.79 Å². The van der Waals surface area contributed by atoms with Crippen LogP contribution in [-0.4, -0.2) is 15.9 Å². The molecule has 2 heterocycles. The summed E-state index contributed by atoms with van der Waals surface area (Å²) in [6.45, 7) is 3.86.